The molecule has 30 heavy (non-hydrogen) atoms. The summed E-state index contributed by atoms with van der Waals surface area (Å²) in [5, 5.41) is 13.4. The molecule has 1 amide bonds. The van der Waals surface area contributed by atoms with Crippen molar-refractivity contribution in [3.8, 4) is 11.5 Å². The predicted molar refractivity (Wildman–Crippen MR) is 113 cm³/mol. The van der Waals surface area contributed by atoms with Gasteiger partial charge in [0.25, 0.3) is 5.91 Å². The molecule has 0 saturated carbocycles. The summed E-state index contributed by atoms with van der Waals surface area (Å²) in [5.74, 6) is 1.98. The van der Waals surface area contributed by atoms with Crippen molar-refractivity contribution in [3.63, 3.8) is 0 Å². The Labute approximate surface area is 176 Å². The number of carbonyl (C=O) groups is 1. The number of ether oxygens (including phenoxy) is 1. The Hall–Kier alpha value is -3.28. The summed E-state index contributed by atoms with van der Waals surface area (Å²) in [6.45, 7) is 5.44. The second kappa shape index (κ2) is 8.61. The highest BCUT2D eigenvalue weighted by atomic mass is 16.5. The highest BCUT2D eigenvalue weighted by molar-refractivity contribution is 5.97. The molecule has 6 nitrogen and oxygen atoms in total. The van der Waals surface area contributed by atoms with Crippen LogP contribution in [0.25, 0.3) is 0 Å². The summed E-state index contributed by atoms with van der Waals surface area (Å²) in [7, 11) is 0. The summed E-state index contributed by atoms with van der Waals surface area (Å²) in [6, 6.07) is 14.8. The van der Waals surface area contributed by atoms with E-state index in [9.17, 15) is 9.90 Å². The number of amides is 1. The van der Waals surface area contributed by atoms with E-state index in [-0.39, 0.29) is 11.7 Å². The SMILES string of the molecule is Cc1noc(C)c1COc1ccccc1C(=O)N1CCC(c2ccc(O)cc2)CC1. The Morgan fingerprint density at radius 2 is 1.83 bits per heavy atom. The fourth-order valence-corrected chi connectivity index (χ4v) is 3.96. The van der Waals surface area contributed by atoms with Crippen molar-refractivity contribution < 1.29 is 19.2 Å². The average molecular weight is 406 g/mol. The van der Waals surface area contributed by atoms with Gasteiger partial charge in [0.15, 0.2) is 0 Å². The fourth-order valence-electron chi connectivity index (χ4n) is 3.96. The zero-order valence-electron chi connectivity index (χ0n) is 17.3. The number of aromatic nitrogens is 1. The molecule has 1 saturated heterocycles. The van der Waals surface area contributed by atoms with Gasteiger partial charge in [-0.05, 0) is 62.4 Å². The normalized spacial score (nSPS) is 14.7. The van der Waals surface area contributed by atoms with E-state index in [0.717, 1.165) is 29.9 Å². The van der Waals surface area contributed by atoms with Crippen molar-refractivity contribution in [1.29, 1.82) is 0 Å². The molecule has 156 valence electrons. The van der Waals surface area contributed by atoms with Gasteiger partial charge in [0.1, 0.15) is 23.9 Å². The summed E-state index contributed by atoms with van der Waals surface area (Å²) < 4.78 is 11.2. The van der Waals surface area contributed by atoms with Crippen LogP contribution in [0.3, 0.4) is 0 Å². The number of likely N-dealkylation sites (tertiary alicyclic amines) is 1. The number of nitrogens with zero attached hydrogens (tertiary/aromatic N) is 2. The molecular weight excluding hydrogens is 380 g/mol. The highest BCUT2D eigenvalue weighted by Crippen LogP contribution is 2.31. The molecule has 1 aliphatic rings. The zero-order chi connectivity index (χ0) is 21.1. The van der Waals surface area contributed by atoms with Crippen molar-refractivity contribution in [2.45, 2.75) is 39.2 Å². The quantitative estimate of drug-likeness (QED) is 0.670. The Kier molecular flexibility index (Phi) is 5.74. The van der Waals surface area contributed by atoms with Gasteiger partial charge in [-0.25, -0.2) is 0 Å². The number of aromatic hydroxyl groups is 1. The van der Waals surface area contributed by atoms with Crippen LogP contribution in [0.1, 0.15) is 51.7 Å². The van der Waals surface area contributed by atoms with Crippen molar-refractivity contribution in [2.75, 3.05) is 13.1 Å². The van der Waals surface area contributed by atoms with Crippen molar-refractivity contribution in [2.24, 2.45) is 0 Å². The van der Waals surface area contributed by atoms with Gasteiger partial charge in [-0.3, -0.25) is 4.79 Å². The van der Waals surface area contributed by atoms with E-state index in [1.54, 1.807) is 12.1 Å². The lowest BCUT2D eigenvalue weighted by molar-refractivity contribution is 0.0708. The number of hydrogen-bond acceptors (Lipinski definition) is 5. The van der Waals surface area contributed by atoms with E-state index in [2.05, 4.69) is 5.16 Å². The minimum Gasteiger partial charge on any atom is -0.508 e. The largest absolute Gasteiger partial charge is 0.508 e. The minimum atomic E-state index is -0.00600. The van der Waals surface area contributed by atoms with Gasteiger partial charge in [-0.1, -0.05) is 29.4 Å². The number of piperidine rings is 1. The average Bonchev–Trinajstić information content (AvgIpc) is 3.10. The molecule has 2 aromatic carbocycles. The maximum Gasteiger partial charge on any atom is 0.257 e. The van der Waals surface area contributed by atoms with Gasteiger partial charge in [0, 0.05) is 13.1 Å². The van der Waals surface area contributed by atoms with Crippen LogP contribution in [0, 0.1) is 13.8 Å². The Balaban J connectivity index is 1.42. The molecule has 0 atom stereocenters. The topological polar surface area (TPSA) is 75.8 Å². The third-order valence-electron chi connectivity index (χ3n) is 5.82. The first-order chi connectivity index (χ1) is 14.5. The van der Waals surface area contributed by atoms with Gasteiger partial charge in [-0.15, -0.1) is 0 Å². The first-order valence-electron chi connectivity index (χ1n) is 10.2. The van der Waals surface area contributed by atoms with Crippen molar-refractivity contribution in [3.05, 3.63) is 76.7 Å². The number of phenolic OH excluding ortho intramolecular Hbond substituents is 1. The number of benzene rings is 2. The van der Waals surface area contributed by atoms with Gasteiger partial charge in [0.2, 0.25) is 0 Å². The molecule has 3 aromatic rings. The number of rotatable bonds is 5. The van der Waals surface area contributed by atoms with Gasteiger partial charge >= 0.3 is 0 Å². The second-order valence-corrected chi connectivity index (χ2v) is 7.75. The number of aryl methyl sites for hydroxylation is 2. The number of carbonyl (C=O) groups excluding carboxylic acids is 1. The maximum atomic E-state index is 13.2. The van der Waals surface area contributed by atoms with Gasteiger partial charge in [0.05, 0.1) is 16.8 Å². The number of hydrogen-bond donors (Lipinski definition) is 1. The van der Waals surface area contributed by atoms with Crippen LogP contribution in [0.15, 0.2) is 53.1 Å². The molecule has 2 heterocycles. The van der Waals surface area contributed by atoms with Gasteiger partial charge in [-0.2, -0.15) is 0 Å². The van der Waals surface area contributed by atoms with E-state index < -0.39 is 0 Å². The fraction of sp³-hybridized carbons (Fsp3) is 0.333. The maximum absolute atomic E-state index is 13.2. The van der Waals surface area contributed by atoms with Crippen LogP contribution in [-0.2, 0) is 6.61 Å². The van der Waals surface area contributed by atoms with E-state index in [1.807, 2.05) is 55.1 Å². The van der Waals surface area contributed by atoms with Crippen LogP contribution < -0.4 is 4.74 Å². The lowest BCUT2D eigenvalue weighted by Gasteiger charge is -2.32. The van der Waals surface area contributed by atoms with Crippen LogP contribution in [0.5, 0.6) is 11.5 Å². The lowest BCUT2D eigenvalue weighted by Crippen LogP contribution is -2.38. The van der Waals surface area contributed by atoms with E-state index in [0.29, 0.717) is 36.9 Å². The molecule has 0 radical (unpaired) electrons. The molecule has 0 aliphatic carbocycles. The van der Waals surface area contributed by atoms with Gasteiger partial charge < -0.3 is 19.3 Å². The first-order valence-corrected chi connectivity index (χ1v) is 10.2. The summed E-state index contributed by atoms with van der Waals surface area (Å²) in [5.41, 5.74) is 3.50. The third-order valence-corrected chi connectivity index (χ3v) is 5.82. The summed E-state index contributed by atoms with van der Waals surface area (Å²) >= 11 is 0. The summed E-state index contributed by atoms with van der Waals surface area (Å²) in [6.07, 6.45) is 1.80. The zero-order valence-corrected chi connectivity index (χ0v) is 17.3. The van der Waals surface area contributed by atoms with Crippen molar-refractivity contribution in [1.82, 2.24) is 10.1 Å². The molecular formula is C24H26N2O4. The molecule has 0 spiro atoms. The van der Waals surface area contributed by atoms with Crippen LogP contribution >= 0.6 is 0 Å². The smallest absolute Gasteiger partial charge is 0.257 e. The monoisotopic (exact) mass is 406 g/mol. The van der Waals surface area contributed by atoms with Crippen LogP contribution in [0.4, 0.5) is 0 Å². The van der Waals surface area contributed by atoms with Crippen LogP contribution in [0.2, 0.25) is 0 Å². The van der Waals surface area contributed by atoms with E-state index in [4.69, 9.17) is 9.26 Å². The minimum absolute atomic E-state index is 0.00600. The predicted octanol–water partition coefficient (Wildman–Crippen LogP) is 4.60. The first kappa shape index (κ1) is 20.0. The Morgan fingerprint density at radius 3 is 2.50 bits per heavy atom. The third kappa shape index (κ3) is 4.17. The molecule has 1 aromatic heterocycles. The molecule has 0 bridgehead atoms. The Morgan fingerprint density at radius 1 is 1.13 bits per heavy atom. The Bertz CT molecular complexity index is 998. The molecule has 1 aliphatic heterocycles. The molecule has 1 fully saturated rings. The number of para-hydroxylation sites is 1. The van der Waals surface area contributed by atoms with Crippen LogP contribution in [-0.4, -0.2) is 34.2 Å². The highest BCUT2D eigenvalue weighted by Gasteiger charge is 2.26. The lowest BCUT2D eigenvalue weighted by atomic mass is 9.89. The molecule has 4 rings (SSSR count). The van der Waals surface area contributed by atoms with E-state index in [1.165, 1.54) is 5.56 Å². The summed E-state index contributed by atoms with van der Waals surface area (Å²) in [4.78, 5) is 15.1. The van der Waals surface area contributed by atoms with Crippen molar-refractivity contribution >= 4 is 5.91 Å². The molecule has 1 N–H and O–H groups in total. The van der Waals surface area contributed by atoms with E-state index >= 15 is 0 Å². The molecule has 0 unspecified atom stereocenters. The second-order valence-electron chi connectivity index (χ2n) is 7.75. The standard InChI is InChI=1S/C24H26N2O4/c1-16-22(17(2)30-25-16)15-29-23-6-4-3-5-21(23)24(28)26-13-11-19(12-14-26)18-7-9-20(27)10-8-18/h3-10,19,27H,11-15H2,1-2H3. The molecule has 6 heteroatoms. The number of phenols is 1.